The van der Waals surface area contributed by atoms with Crippen molar-refractivity contribution in [2.45, 2.75) is 32.6 Å². The van der Waals surface area contributed by atoms with Crippen molar-refractivity contribution in [2.24, 2.45) is 10.9 Å². The Morgan fingerprint density at radius 1 is 1.35 bits per heavy atom. The first-order chi connectivity index (χ1) is 11.8. The zero-order valence-corrected chi connectivity index (χ0v) is 19.9. The van der Waals surface area contributed by atoms with E-state index >= 15 is 0 Å². The van der Waals surface area contributed by atoms with Crippen LogP contribution in [0.3, 0.4) is 0 Å². The molecule has 2 rings (SSSR count). The van der Waals surface area contributed by atoms with Gasteiger partial charge < -0.3 is 15.0 Å². The Morgan fingerprint density at radius 3 is 2.65 bits per heavy atom. The van der Waals surface area contributed by atoms with Crippen LogP contribution in [0.25, 0.3) is 0 Å². The Kier molecular flexibility index (Phi) is 10.0. The molecule has 1 aliphatic heterocycles. The Hall–Kier alpha value is -0.240. The number of aliphatic imine (C=N–C) groups is 1. The maximum Gasteiger partial charge on any atom is 0.193 e. The van der Waals surface area contributed by atoms with Gasteiger partial charge in [0.1, 0.15) is 0 Å². The Morgan fingerprint density at radius 2 is 2.08 bits per heavy atom. The van der Waals surface area contributed by atoms with Gasteiger partial charge in [-0.3, -0.25) is 4.99 Å². The summed E-state index contributed by atoms with van der Waals surface area (Å²) in [6.07, 6.45) is 1.12. The Bertz CT molecular complexity index is 604. The molecule has 7 heteroatoms. The van der Waals surface area contributed by atoms with Gasteiger partial charge in [-0.25, -0.2) is 0 Å². The van der Waals surface area contributed by atoms with E-state index in [0.29, 0.717) is 22.5 Å². The van der Waals surface area contributed by atoms with Gasteiger partial charge in [0.05, 0.1) is 23.2 Å². The monoisotopic (exact) mass is 513 g/mol. The molecule has 1 aliphatic rings. The van der Waals surface area contributed by atoms with Gasteiger partial charge in [-0.15, -0.1) is 24.0 Å². The molecule has 0 spiro atoms. The van der Waals surface area contributed by atoms with Crippen LogP contribution in [-0.4, -0.2) is 50.8 Å². The summed E-state index contributed by atoms with van der Waals surface area (Å²) in [4.78, 5) is 7.07. The molecule has 1 fully saturated rings. The SMILES string of the molecule is CCNC(=NCC(C)(C)c1ccc(Cl)c(Cl)c1)N(C)CC1CCOC1.I. The Balaban J connectivity index is 0.00000338. The van der Waals surface area contributed by atoms with Gasteiger partial charge >= 0.3 is 0 Å². The summed E-state index contributed by atoms with van der Waals surface area (Å²) in [6.45, 7) is 10.6. The minimum atomic E-state index is -0.133. The predicted octanol–water partition coefficient (Wildman–Crippen LogP) is 4.82. The molecule has 0 amide bonds. The van der Waals surface area contributed by atoms with Gasteiger partial charge in [-0.1, -0.05) is 43.1 Å². The van der Waals surface area contributed by atoms with Gasteiger partial charge in [0, 0.05) is 38.1 Å². The maximum atomic E-state index is 6.18. The van der Waals surface area contributed by atoms with Gasteiger partial charge in [0.15, 0.2) is 5.96 Å². The normalized spacial score (nSPS) is 17.8. The molecular formula is C19H30Cl2IN3O. The Labute approximate surface area is 184 Å². The quantitative estimate of drug-likeness (QED) is 0.336. The number of nitrogens with zero attached hydrogens (tertiary/aromatic N) is 2. The topological polar surface area (TPSA) is 36.9 Å². The molecule has 0 aliphatic carbocycles. The van der Waals surface area contributed by atoms with Crippen molar-refractivity contribution < 1.29 is 4.74 Å². The summed E-state index contributed by atoms with van der Waals surface area (Å²) in [5, 5.41) is 4.55. The molecule has 26 heavy (non-hydrogen) atoms. The number of rotatable bonds is 6. The number of ether oxygens (including phenoxy) is 1. The summed E-state index contributed by atoms with van der Waals surface area (Å²) in [7, 11) is 2.09. The third-order valence-electron chi connectivity index (χ3n) is 4.58. The lowest BCUT2D eigenvalue weighted by Gasteiger charge is -2.28. The van der Waals surface area contributed by atoms with Crippen molar-refractivity contribution in [1.29, 1.82) is 0 Å². The summed E-state index contributed by atoms with van der Waals surface area (Å²) < 4.78 is 5.48. The lowest BCUT2D eigenvalue weighted by Crippen LogP contribution is -2.42. The van der Waals surface area contributed by atoms with Crippen LogP contribution in [0.1, 0.15) is 32.8 Å². The first-order valence-electron chi connectivity index (χ1n) is 8.86. The van der Waals surface area contributed by atoms with Crippen molar-refractivity contribution in [3.8, 4) is 0 Å². The zero-order valence-electron chi connectivity index (χ0n) is 16.0. The molecule has 1 aromatic carbocycles. The van der Waals surface area contributed by atoms with E-state index < -0.39 is 0 Å². The maximum absolute atomic E-state index is 6.18. The van der Waals surface area contributed by atoms with Crippen LogP contribution in [0.5, 0.6) is 0 Å². The summed E-state index contributed by atoms with van der Waals surface area (Å²) in [5.41, 5.74) is 1.000. The van der Waals surface area contributed by atoms with Crippen molar-refractivity contribution >= 4 is 53.1 Å². The van der Waals surface area contributed by atoms with Crippen LogP contribution in [0, 0.1) is 5.92 Å². The molecule has 0 aromatic heterocycles. The van der Waals surface area contributed by atoms with E-state index in [2.05, 4.69) is 38.0 Å². The number of nitrogens with one attached hydrogen (secondary N) is 1. The highest BCUT2D eigenvalue weighted by Gasteiger charge is 2.23. The van der Waals surface area contributed by atoms with E-state index in [1.807, 2.05) is 18.2 Å². The fourth-order valence-corrected chi connectivity index (χ4v) is 3.25. The van der Waals surface area contributed by atoms with Gasteiger partial charge in [-0.2, -0.15) is 0 Å². The zero-order chi connectivity index (χ0) is 18.4. The van der Waals surface area contributed by atoms with E-state index in [-0.39, 0.29) is 29.4 Å². The second-order valence-corrected chi connectivity index (χ2v) is 8.11. The molecule has 1 heterocycles. The van der Waals surface area contributed by atoms with Crippen LogP contribution in [0.15, 0.2) is 23.2 Å². The highest BCUT2D eigenvalue weighted by atomic mass is 127. The average Bonchev–Trinajstić information content (AvgIpc) is 3.06. The second-order valence-electron chi connectivity index (χ2n) is 7.29. The molecule has 1 saturated heterocycles. The number of hydrogen-bond acceptors (Lipinski definition) is 2. The lowest BCUT2D eigenvalue weighted by molar-refractivity contribution is 0.181. The number of hydrogen-bond donors (Lipinski definition) is 1. The standard InChI is InChI=1S/C19H29Cl2N3O.HI/c1-5-22-18(24(4)11-14-8-9-25-12-14)23-13-19(2,3)15-6-7-16(20)17(21)10-15;/h6-7,10,14H,5,8-9,11-13H2,1-4H3,(H,22,23);1H. The number of halogens is 3. The number of guanidine groups is 1. The molecule has 4 nitrogen and oxygen atoms in total. The van der Waals surface area contributed by atoms with E-state index in [1.54, 1.807) is 0 Å². The van der Waals surface area contributed by atoms with Gasteiger partial charge in [0.2, 0.25) is 0 Å². The minimum absolute atomic E-state index is 0. The molecule has 1 aromatic rings. The first kappa shape index (κ1) is 23.8. The van der Waals surface area contributed by atoms with E-state index in [1.165, 1.54) is 0 Å². The van der Waals surface area contributed by atoms with E-state index in [0.717, 1.165) is 44.2 Å². The smallest absolute Gasteiger partial charge is 0.193 e. The summed E-state index contributed by atoms with van der Waals surface area (Å²) in [5.74, 6) is 1.51. The third kappa shape index (κ3) is 6.73. The molecular weight excluding hydrogens is 484 g/mol. The second kappa shape index (κ2) is 10.9. The van der Waals surface area contributed by atoms with Crippen molar-refractivity contribution in [1.82, 2.24) is 10.2 Å². The molecule has 1 unspecified atom stereocenters. The minimum Gasteiger partial charge on any atom is -0.381 e. The molecule has 0 saturated carbocycles. The fourth-order valence-electron chi connectivity index (χ4n) is 2.95. The number of benzene rings is 1. The average molecular weight is 514 g/mol. The van der Waals surface area contributed by atoms with Gasteiger partial charge in [0.25, 0.3) is 0 Å². The van der Waals surface area contributed by atoms with Gasteiger partial charge in [-0.05, 0) is 31.0 Å². The van der Waals surface area contributed by atoms with Crippen molar-refractivity contribution in [2.75, 3.05) is 39.9 Å². The summed E-state index contributed by atoms with van der Waals surface area (Å²) in [6, 6.07) is 5.81. The molecule has 1 atom stereocenters. The molecule has 0 radical (unpaired) electrons. The van der Waals surface area contributed by atoms with Crippen molar-refractivity contribution in [3.05, 3.63) is 33.8 Å². The van der Waals surface area contributed by atoms with Crippen LogP contribution in [0.2, 0.25) is 10.0 Å². The highest BCUT2D eigenvalue weighted by Crippen LogP contribution is 2.30. The van der Waals surface area contributed by atoms with Crippen LogP contribution in [0.4, 0.5) is 0 Å². The molecule has 148 valence electrons. The van der Waals surface area contributed by atoms with Crippen molar-refractivity contribution in [3.63, 3.8) is 0 Å². The van der Waals surface area contributed by atoms with Crippen LogP contribution in [-0.2, 0) is 10.2 Å². The van der Waals surface area contributed by atoms with Crippen LogP contribution < -0.4 is 5.32 Å². The largest absolute Gasteiger partial charge is 0.381 e. The first-order valence-corrected chi connectivity index (χ1v) is 9.62. The predicted molar refractivity (Wildman–Crippen MR) is 122 cm³/mol. The highest BCUT2D eigenvalue weighted by molar-refractivity contribution is 14.0. The van der Waals surface area contributed by atoms with E-state index in [9.17, 15) is 0 Å². The lowest BCUT2D eigenvalue weighted by atomic mass is 9.85. The molecule has 0 bridgehead atoms. The molecule has 1 N–H and O–H groups in total. The fraction of sp³-hybridized carbons (Fsp3) is 0.632. The van der Waals surface area contributed by atoms with Crippen LogP contribution >= 0.6 is 47.2 Å². The third-order valence-corrected chi connectivity index (χ3v) is 5.32. The van der Waals surface area contributed by atoms with E-state index in [4.69, 9.17) is 32.9 Å². The summed E-state index contributed by atoms with van der Waals surface area (Å²) >= 11 is 12.2.